The molecule has 4 nitrogen and oxygen atoms in total. The van der Waals surface area contributed by atoms with E-state index in [0.29, 0.717) is 5.69 Å². The molecule has 110 valence electrons. The Hall–Kier alpha value is -1.56. The second kappa shape index (κ2) is 6.74. The largest absolute Gasteiger partial charge is 0.326 e. The number of carbonyl (C=O) groups is 2. The van der Waals surface area contributed by atoms with E-state index < -0.39 is 5.82 Å². The number of anilines is 2. The molecule has 0 radical (unpaired) electrons. The number of halogens is 1. The van der Waals surface area contributed by atoms with Crippen molar-refractivity contribution in [2.75, 3.05) is 16.4 Å². The molecule has 0 bridgehead atoms. The average Bonchev–Trinajstić information content (AvgIpc) is 2.29. The Labute approximate surface area is 122 Å². The fraction of sp³-hybridized carbons (Fsp3) is 0.429. The Morgan fingerprint density at radius 3 is 2.45 bits per heavy atom. The van der Waals surface area contributed by atoms with Gasteiger partial charge in [0.05, 0.1) is 11.4 Å². The lowest BCUT2D eigenvalue weighted by Crippen LogP contribution is -2.19. The van der Waals surface area contributed by atoms with Crippen LogP contribution in [0.2, 0.25) is 0 Å². The molecule has 0 aliphatic carbocycles. The molecule has 0 saturated heterocycles. The number of hydrogen-bond acceptors (Lipinski definition) is 3. The third-order valence-corrected chi connectivity index (χ3v) is 3.47. The van der Waals surface area contributed by atoms with Gasteiger partial charge in [0.25, 0.3) is 0 Å². The van der Waals surface area contributed by atoms with E-state index in [4.69, 9.17) is 0 Å². The summed E-state index contributed by atoms with van der Waals surface area (Å²) in [4.78, 5) is 22.7. The van der Waals surface area contributed by atoms with E-state index in [1.54, 1.807) is 0 Å². The number of nitrogens with one attached hydrogen (secondary N) is 2. The van der Waals surface area contributed by atoms with Gasteiger partial charge in [0.15, 0.2) is 0 Å². The molecule has 0 atom stereocenters. The van der Waals surface area contributed by atoms with Crippen LogP contribution in [-0.2, 0) is 9.59 Å². The van der Waals surface area contributed by atoms with Gasteiger partial charge in [0.2, 0.25) is 11.8 Å². The lowest BCUT2D eigenvalue weighted by Gasteiger charge is -2.17. The van der Waals surface area contributed by atoms with Crippen molar-refractivity contribution in [3.8, 4) is 0 Å². The van der Waals surface area contributed by atoms with E-state index in [2.05, 4.69) is 10.6 Å². The molecular formula is C14H19FN2O2S. The SMILES string of the molecule is CC(=O)Nc1ccc(F)c(NC(=O)CSC(C)(C)C)c1. The lowest BCUT2D eigenvalue weighted by atomic mass is 10.2. The van der Waals surface area contributed by atoms with Gasteiger partial charge < -0.3 is 10.6 Å². The lowest BCUT2D eigenvalue weighted by molar-refractivity contribution is -0.114. The van der Waals surface area contributed by atoms with Crippen molar-refractivity contribution in [1.29, 1.82) is 0 Å². The number of carbonyl (C=O) groups excluding carboxylic acids is 2. The third kappa shape index (κ3) is 6.06. The number of amides is 2. The van der Waals surface area contributed by atoms with Crippen LogP contribution in [0.5, 0.6) is 0 Å². The maximum atomic E-state index is 13.6. The molecule has 0 aromatic heterocycles. The van der Waals surface area contributed by atoms with Crippen molar-refractivity contribution in [1.82, 2.24) is 0 Å². The Kier molecular flexibility index (Phi) is 5.56. The van der Waals surface area contributed by atoms with Gasteiger partial charge in [-0.15, -0.1) is 11.8 Å². The number of hydrogen-bond donors (Lipinski definition) is 2. The van der Waals surface area contributed by atoms with Gasteiger partial charge in [-0.2, -0.15) is 0 Å². The summed E-state index contributed by atoms with van der Waals surface area (Å²) >= 11 is 1.48. The fourth-order valence-corrected chi connectivity index (χ4v) is 2.01. The van der Waals surface area contributed by atoms with Crippen LogP contribution in [0.4, 0.5) is 15.8 Å². The molecule has 1 aromatic rings. The number of benzene rings is 1. The molecule has 0 aliphatic heterocycles. The van der Waals surface area contributed by atoms with Gasteiger partial charge in [-0.1, -0.05) is 20.8 Å². The Bertz CT molecular complexity index is 512. The number of rotatable bonds is 4. The predicted molar refractivity (Wildman–Crippen MR) is 81.5 cm³/mol. The normalized spacial score (nSPS) is 11.1. The standard InChI is InChI=1S/C14H19FN2O2S/c1-9(18)16-10-5-6-11(15)12(7-10)17-13(19)8-20-14(2,3)4/h5-7H,8H2,1-4H3,(H,16,18)(H,17,19). The summed E-state index contributed by atoms with van der Waals surface area (Å²) in [6.07, 6.45) is 0. The Morgan fingerprint density at radius 1 is 1.25 bits per heavy atom. The minimum atomic E-state index is -0.534. The van der Waals surface area contributed by atoms with Crippen molar-refractivity contribution in [3.63, 3.8) is 0 Å². The molecule has 0 fully saturated rings. The first-order valence-corrected chi connectivity index (χ1v) is 7.17. The summed E-state index contributed by atoms with van der Waals surface area (Å²) in [5, 5.41) is 5.05. The van der Waals surface area contributed by atoms with Gasteiger partial charge in [0, 0.05) is 17.4 Å². The van der Waals surface area contributed by atoms with Gasteiger partial charge >= 0.3 is 0 Å². The summed E-state index contributed by atoms with van der Waals surface area (Å²) < 4.78 is 13.6. The van der Waals surface area contributed by atoms with Crippen molar-refractivity contribution >= 4 is 35.0 Å². The maximum Gasteiger partial charge on any atom is 0.234 e. The summed E-state index contributed by atoms with van der Waals surface area (Å²) in [6, 6.07) is 4.05. The summed E-state index contributed by atoms with van der Waals surface area (Å²) in [5.41, 5.74) is 0.508. The zero-order valence-corrected chi connectivity index (χ0v) is 12.9. The first-order chi connectivity index (χ1) is 9.17. The smallest absolute Gasteiger partial charge is 0.234 e. The zero-order valence-electron chi connectivity index (χ0n) is 12.0. The molecule has 2 N–H and O–H groups in total. The third-order valence-electron chi connectivity index (χ3n) is 2.20. The summed E-state index contributed by atoms with van der Waals surface area (Å²) in [7, 11) is 0. The van der Waals surface area contributed by atoms with Crippen molar-refractivity contribution in [3.05, 3.63) is 24.0 Å². The second-order valence-electron chi connectivity index (χ2n) is 5.33. The van der Waals surface area contributed by atoms with Crippen molar-refractivity contribution in [2.45, 2.75) is 32.4 Å². The van der Waals surface area contributed by atoms with Gasteiger partial charge in [-0.05, 0) is 18.2 Å². The predicted octanol–water partition coefficient (Wildman–Crippen LogP) is 3.25. The average molecular weight is 298 g/mol. The highest BCUT2D eigenvalue weighted by atomic mass is 32.2. The first kappa shape index (κ1) is 16.5. The number of thioether (sulfide) groups is 1. The van der Waals surface area contributed by atoms with E-state index in [1.807, 2.05) is 20.8 Å². The van der Waals surface area contributed by atoms with E-state index in [0.717, 1.165) is 0 Å². The van der Waals surface area contributed by atoms with Crippen LogP contribution in [-0.4, -0.2) is 22.3 Å². The minimum Gasteiger partial charge on any atom is -0.326 e. The first-order valence-electron chi connectivity index (χ1n) is 6.18. The highest BCUT2D eigenvalue weighted by Gasteiger charge is 2.14. The monoisotopic (exact) mass is 298 g/mol. The topological polar surface area (TPSA) is 58.2 Å². The molecule has 0 saturated carbocycles. The van der Waals surface area contributed by atoms with Crippen LogP contribution in [0, 0.1) is 5.82 Å². The van der Waals surface area contributed by atoms with E-state index in [9.17, 15) is 14.0 Å². The van der Waals surface area contributed by atoms with E-state index >= 15 is 0 Å². The molecule has 0 unspecified atom stereocenters. The molecular weight excluding hydrogens is 279 g/mol. The quantitative estimate of drug-likeness (QED) is 0.897. The van der Waals surface area contributed by atoms with Crippen LogP contribution in [0.3, 0.4) is 0 Å². The molecule has 0 heterocycles. The van der Waals surface area contributed by atoms with E-state index in [1.165, 1.54) is 36.9 Å². The Balaban J connectivity index is 2.71. The molecule has 0 aliphatic rings. The highest BCUT2D eigenvalue weighted by Crippen LogP contribution is 2.24. The van der Waals surface area contributed by atoms with Crippen molar-refractivity contribution in [2.24, 2.45) is 0 Å². The maximum absolute atomic E-state index is 13.6. The van der Waals surface area contributed by atoms with Gasteiger partial charge in [0.1, 0.15) is 5.82 Å². The molecule has 1 aromatic carbocycles. The highest BCUT2D eigenvalue weighted by molar-refractivity contribution is 8.01. The molecule has 6 heteroatoms. The van der Waals surface area contributed by atoms with Crippen LogP contribution in [0.1, 0.15) is 27.7 Å². The molecule has 20 heavy (non-hydrogen) atoms. The van der Waals surface area contributed by atoms with Crippen LogP contribution >= 0.6 is 11.8 Å². The second-order valence-corrected chi connectivity index (χ2v) is 7.13. The van der Waals surface area contributed by atoms with Crippen LogP contribution in [0.15, 0.2) is 18.2 Å². The molecule has 2 amide bonds. The van der Waals surface area contributed by atoms with Crippen LogP contribution in [0.25, 0.3) is 0 Å². The van der Waals surface area contributed by atoms with E-state index in [-0.39, 0.29) is 28.0 Å². The Morgan fingerprint density at radius 2 is 1.90 bits per heavy atom. The van der Waals surface area contributed by atoms with Crippen LogP contribution < -0.4 is 10.6 Å². The van der Waals surface area contributed by atoms with Gasteiger partial charge in [-0.3, -0.25) is 9.59 Å². The zero-order chi connectivity index (χ0) is 15.3. The molecule has 0 spiro atoms. The molecule has 1 rings (SSSR count). The summed E-state index contributed by atoms with van der Waals surface area (Å²) in [6.45, 7) is 7.37. The van der Waals surface area contributed by atoms with Crippen molar-refractivity contribution < 1.29 is 14.0 Å². The van der Waals surface area contributed by atoms with Gasteiger partial charge in [-0.25, -0.2) is 4.39 Å². The summed E-state index contributed by atoms with van der Waals surface area (Å²) in [5.74, 6) is -0.818. The fourth-order valence-electron chi connectivity index (χ4n) is 1.37. The minimum absolute atomic E-state index is 0.0338.